The van der Waals surface area contributed by atoms with E-state index in [4.69, 9.17) is 9.05 Å². The Hall–Kier alpha value is -0.890. The molecule has 1 aromatic rings. The predicted molar refractivity (Wildman–Crippen MR) is 66.3 cm³/mol. The van der Waals surface area contributed by atoms with E-state index in [2.05, 4.69) is 6.58 Å². The van der Waals surface area contributed by atoms with Crippen LogP contribution in [0.5, 0.6) is 0 Å². The van der Waals surface area contributed by atoms with Crippen molar-refractivity contribution in [2.24, 2.45) is 0 Å². The second-order valence-electron chi connectivity index (χ2n) is 3.15. The average molecular weight is 240 g/mol. The van der Waals surface area contributed by atoms with Crippen molar-refractivity contribution < 1.29 is 13.6 Å². The van der Waals surface area contributed by atoms with Gasteiger partial charge in [-0.2, -0.15) is 0 Å². The zero-order valence-corrected chi connectivity index (χ0v) is 10.6. The minimum Gasteiger partial charge on any atom is -0.305 e. The van der Waals surface area contributed by atoms with Crippen LogP contribution in [0.25, 0.3) is 5.31 Å². The lowest BCUT2D eigenvalue weighted by Crippen LogP contribution is -1.97. The minimum absolute atomic E-state index is 0.336. The monoisotopic (exact) mass is 240 g/mol. The molecule has 88 valence electrons. The van der Waals surface area contributed by atoms with Gasteiger partial charge in [-0.25, -0.2) is 0 Å². The van der Waals surface area contributed by atoms with Gasteiger partial charge in [-0.3, -0.25) is 4.57 Å². The molecule has 1 aromatic carbocycles. The summed E-state index contributed by atoms with van der Waals surface area (Å²) in [6.45, 7) is 8.06. The third-order valence-electron chi connectivity index (χ3n) is 2.04. The molecule has 0 heterocycles. The Kier molecular flexibility index (Phi) is 4.94. The average Bonchev–Trinajstić information content (AvgIpc) is 2.30. The van der Waals surface area contributed by atoms with E-state index >= 15 is 0 Å². The summed E-state index contributed by atoms with van der Waals surface area (Å²) in [4.78, 5) is 0. The van der Waals surface area contributed by atoms with Crippen molar-refractivity contribution in [2.75, 3.05) is 13.2 Å². The molecule has 0 spiro atoms. The van der Waals surface area contributed by atoms with Crippen LogP contribution in [0, 0.1) is 0 Å². The molecule has 0 aromatic heterocycles. The molecule has 0 saturated carbocycles. The van der Waals surface area contributed by atoms with E-state index in [1.54, 1.807) is 13.8 Å². The fraction of sp³-hybridized carbons (Fsp3) is 0.333. The van der Waals surface area contributed by atoms with Gasteiger partial charge in [0, 0.05) is 0 Å². The van der Waals surface area contributed by atoms with Crippen LogP contribution < -0.4 is 0 Å². The van der Waals surface area contributed by atoms with Crippen LogP contribution in [-0.2, 0) is 13.6 Å². The molecular weight excluding hydrogens is 223 g/mol. The summed E-state index contributed by atoms with van der Waals surface area (Å²) in [6.07, 6.45) is 0. The highest BCUT2D eigenvalue weighted by molar-refractivity contribution is 7.65. The highest BCUT2D eigenvalue weighted by Crippen LogP contribution is 2.59. The van der Waals surface area contributed by atoms with Gasteiger partial charge < -0.3 is 9.05 Å². The third kappa shape index (κ3) is 3.05. The number of rotatable bonds is 6. The summed E-state index contributed by atoms with van der Waals surface area (Å²) in [6, 6.07) is 9.30. The fourth-order valence-corrected chi connectivity index (χ4v) is 2.85. The Morgan fingerprint density at radius 2 is 1.69 bits per heavy atom. The Balaban J connectivity index is 2.96. The lowest BCUT2D eigenvalue weighted by Gasteiger charge is -2.19. The Labute approximate surface area is 96.6 Å². The predicted octanol–water partition coefficient (Wildman–Crippen LogP) is 3.92. The van der Waals surface area contributed by atoms with E-state index in [0.29, 0.717) is 18.5 Å². The van der Waals surface area contributed by atoms with Gasteiger partial charge in [0.05, 0.1) is 18.5 Å². The van der Waals surface area contributed by atoms with E-state index in [1.165, 1.54) is 0 Å². The molecule has 3 nitrogen and oxygen atoms in total. The zero-order valence-electron chi connectivity index (χ0n) is 9.68. The maximum absolute atomic E-state index is 12.4. The number of benzene rings is 1. The first-order chi connectivity index (χ1) is 7.64. The summed E-state index contributed by atoms with van der Waals surface area (Å²) in [7, 11) is -3.23. The van der Waals surface area contributed by atoms with Crippen LogP contribution in [0.3, 0.4) is 0 Å². The smallest absolute Gasteiger partial charge is 0.305 e. The SMILES string of the molecule is C=C(c1ccccc1)P(=O)(OCC)OCC. The lowest BCUT2D eigenvalue weighted by molar-refractivity contribution is 0.230. The van der Waals surface area contributed by atoms with Crippen LogP contribution in [0.4, 0.5) is 0 Å². The minimum atomic E-state index is -3.23. The maximum Gasteiger partial charge on any atom is 0.361 e. The van der Waals surface area contributed by atoms with Gasteiger partial charge in [-0.05, 0) is 19.4 Å². The van der Waals surface area contributed by atoms with Gasteiger partial charge in [-0.1, -0.05) is 36.9 Å². The lowest BCUT2D eigenvalue weighted by atomic mass is 10.2. The Morgan fingerprint density at radius 3 is 2.12 bits per heavy atom. The molecule has 0 aliphatic carbocycles. The molecule has 4 heteroatoms. The molecule has 0 aliphatic rings. The summed E-state index contributed by atoms with van der Waals surface area (Å²) in [5, 5.41) is 0.414. The summed E-state index contributed by atoms with van der Waals surface area (Å²) >= 11 is 0. The molecule has 0 fully saturated rings. The highest BCUT2D eigenvalue weighted by atomic mass is 31.2. The van der Waals surface area contributed by atoms with Crippen LogP contribution in [0.1, 0.15) is 19.4 Å². The van der Waals surface area contributed by atoms with Crippen LogP contribution in [0.2, 0.25) is 0 Å². The molecule has 0 saturated heterocycles. The molecule has 0 radical (unpaired) electrons. The van der Waals surface area contributed by atoms with Gasteiger partial charge >= 0.3 is 7.60 Å². The standard InChI is InChI=1S/C12H17O3P/c1-4-14-16(13,15-5-2)11(3)12-9-7-6-8-10-12/h6-10H,3-5H2,1-2H3. The molecule has 0 bridgehead atoms. The first-order valence-corrected chi connectivity index (χ1v) is 6.82. The van der Waals surface area contributed by atoms with Gasteiger partial charge in [0.2, 0.25) is 0 Å². The molecule has 0 N–H and O–H groups in total. The summed E-state index contributed by atoms with van der Waals surface area (Å²) in [5.74, 6) is 0. The van der Waals surface area contributed by atoms with Crippen molar-refractivity contribution in [3.8, 4) is 0 Å². The molecular formula is C12H17O3P. The van der Waals surface area contributed by atoms with Crippen LogP contribution in [0.15, 0.2) is 36.9 Å². The number of hydrogen-bond donors (Lipinski definition) is 0. The molecule has 0 unspecified atom stereocenters. The molecule has 1 rings (SSSR count). The van der Waals surface area contributed by atoms with Crippen molar-refractivity contribution in [3.63, 3.8) is 0 Å². The van der Waals surface area contributed by atoms with Gasteiger partial charge in [0.25, 0.3) is 0 Å². The third-order valence-corrected chi connectivity index (χ3v) is 4.15. The van der Waals surface area contributed by atoms with Crippen molar-refractivity contribution in [2.45, 2.75) is 13.8 Å². The Morgan fingerprint density at radius 1 is 1.19 bits per heavy atom. The molecule has 0 aliphatic heterocycles. The topological polar surface area (TPSA) is 35.5 Å². The fourth-order valence-electron chi connectivity index (χ4n) is 1.32. The van der Waals surface area contributed by atoms with E-state index in [-0.39, 0.29) is 0 Å². The van der Waals surface area contributed by atoms with Gasteiger partial charge in [-0.15, -0.1) is 0 Å². The summed E-state index contributed by atoms with van der Waals surface area (Å²) < 4.78 is 22.8. The van der Waals surface area contributed by atoms with E-state index in [9.17, 15) is 4.57 Å². The van der Waals surface area contributed by atoms with Gasteiger partial charge in [0.1, 0.15) is 0 Å². The second kappa shape index (κ2) is 6.00. The van der Waals surface area contributed by atoms with Gasteiger partial charge in [0.15, 0.2) is 0 Å². The summed E-state index contributed by atoms with van der Waals surface area (Å²) in [5.41, 5.74) is 0.785. The normalized spacial score (nSPS) is 11.4. The highest BCUT2D eigenvalue weighted by Gasteiger charge is 2.28. The second-order valence-corrected chi connectivity index (χ2v) is 5.20. The van der Waals surface area contributed by atoms with Crippen LogP contribution >= 0.6 is 7.60 Å². The Bertz CT molecular complexity index is 377. The first kappa shape index (κ1) is 13.2. The maximum atomic E-state index is 12.4. The molecule has 16 heavy (non-hydrogen) atoms. The molecule has 0 atom stereocenters. The first-order valence-electron chi connectivity index (χ1n) is 5.28. The van der Waals surface area contributed by atoms with Crippen molar-refractivity contribution in [3.05, 3.63) is 42.5 Å². The van der Waals surface area contributed by atoms with E-state index in [1.807, 2.05) is 30.3 Å². The van der Waals surface area contributed by atoms with E-state index in [0.717, 1.165) is 5.56 Å². The molecule has 0 amide bonds. The largest absolute Gasteiger partial charge is 0.361 e. The number of hydrogen-bond acceptors (Lipinski definition) is 3. The van der Waals surface area contributed by atoms with Crippen molar-refractivity contribution in [1.29, 1.82) is 0 Å². The van der Waals surface area contributed by atoms with E-state index < -0.39 is 7.60 Å². The van der Waals surface area contributed by atoms with Crippen LogP contribution in [-0.4, -0.2) is 13.2 Å². The van der Waals surface area contributed by atoms with Crippen molar-refractivity contribution >= 4 is 12.9 Å². The zero-order chi connectivity index (χ0) is 12.0. The quantitative estimate of drug-likeness (QED) is 0.707. The van der Waals surface area contributed by atoms with Crippen molar-refractivity contribution in [1.82, 2.24) is 0 Å².